The Kier molecular flexibility index (Phi) is 4.36. The molecular weight excluding hydrogens is 376 g/mol. The fraction of sp³-hybridized carbons (Fsp3) is 0.250. The standard InChI is InChI=1S/C20H21BrN4/c1-25(2)10-9-22-19-12-16-15-11-13(21)7-8-18(15)24-20(16)14-5-3-4-6-17(14)23-19/h3-8,11,24H,9-10,12H2,1-2H3,(H,22,23)/p+1. The van der Waals surface area contributed by atoms with Gasteiger partial charge in [0, 0.05) is 27.5 Å². The van der Waals surface area contributed by atoms with Crippen molar-refractivity contribution in [3.63, 3.8) is 0 Å². The highest BCUT2D eigenvalue weighted by atomic mass is 79.9. The molecule has 0 unspecified atom stereocenters. The molecule has 0 bridgehead atoms. The number of nitrogens with zero attached hydrogens (tertiary/aromatic N) is 1. The third-order valence-electron chi connectivity index (χ3n) is 4.60. The molecule has 0 saturated heterocycles. The van der Waals surface area contributed by atoms with Gasteiger partial charge >= 0.3 is 0 Å². The molecule has 0 radical (unpaired) electrons. The van der Waals surface area contributed by atoms with Crippen molar-refractivity contribution in [3.8, 4) is 11.3 Å². The van der Waals surface area contributed by atoms with Crippen LogP contribution in [0, 0.1) is 0 Å². The van der Waals surface area contributed by atoms with Crippen LogP contribution in [-0.4, -0.2) is 42.9 Å². The van der Waals surface area contributed by atoms with Gasteiger partial charge in [-0.05, 0) is 50.0 Å². The molecule has 4 rings (SSSR count). The average Bonchev–Trinajstić information content (AvgIpc) is 2.84. The second-order valence-corrected chi connectivity index (χ2v) is 7.64. The normalized spacial score (nSPS) is 15.1. The van der Waals surface area contributed by atoms with Crippen molar-refractivity contribution in [2.24, 2.45) is 0 Å². The molecule has 1 aliphatic rings. The van der Waals surface area contributed by atoms with Gasteiger partial charge in [-0.1, -0.05) is 28.1 Å². The van der Waals surface area contributed by atoms with E-state index < -0.39 is 0 Å². The molecular formula is C20H22BrN4+. The van der Waals surface area contributed by atoms with Crippen molar-refractivity contribution in [2.45, 2.75) is 6.42 Å². The van der Waals surface area contributed by atoms with Crippen LogP contribution in [0.5, 0.6) is 0 Å². The largest absolute Gasteiger partial charge is 0.354 e. The van der Waals surface area contributed by atoms with Crippen LogP contribution >= 0.6 is 15.9 Å². The molecule has 1 aliphatic heterocycles. The number of aromatic nitrogens is 1. The first-order chi connectivity index (χ1) is 12.1. The predicted molar refractivity (Wildman–Crippen MR) is 108 cm³/mol. The van der Waals surface area contributed by atoms with Crippen molar-refractivity contribution in [1.29, 1.82) is 0 Å². The molecule has 1 aromatic heterocycles. The first-order valence-electron chi connectivity index (χ1n) is 8.53. The molecule has 0 aliphatic carbocycles. The van der Waals surface area contributed by atoms with E-state index in [1.165, 1.54) is 27.7 Å². The number of benzene rings is 2. The molecule has 0 fully saturated rings. The average molecular weight is 398 g/mol. The number of hydrogen-bond acceptors (Lipinski definition) is 1. The van der Waals surface area contributed by atoms with Crippen molar-refractivity contribution < 1.29 is 4.99 Å². The number of likely N-dealkylation sites (N-methyl/N-ethyl adjacent to an activating group) is 1. The second-order valence-electron chi connectivity index (χ2n) is 6.72. The third kappa shape index (κ3) is 3.22. The van der Waals surface area contributed by atoms with E-state index in [9.17, 15) is 0 Å². The summed E-state index contributed by atoms with van der Waals surface area (Å²) in [5.74, 6) is 1.15. The van der Waals surface area contributed by atoms with Gasteiger partial charge in [-0.15, -0.1) is 0 Å². The quantitative estimate of drug-likeness (QED) is 0.635. The molecule has 25 heavy (non-hydrogen) atoms. The molecule has 5 heteroatoms. The maximum absolute atomic E-state index is 3.62. The van der Waals surface area contributed by atoms with Gasteiger partial charge < -0.3 is 9.88 Å². The van der Waals surface area contributed by atoms with Gasteiger partial charge in [-0.3, -0.25) is 4.99 Å². The van der Waals surface area contributed by atoms with Crippen LogP contribution in [0.25, 0.3) is 22.2 Å². The molecule has 0 amide bonds. The Morgan fingerprint density at radius 2 is 2.00 bits per heavy atom. The van der Waals surface area contributed by atoms with E-state index in [4.69, 9.17) is 0 Å². The van der Waals surface area contributed by atoms with Crippen molar-refractivity contribution in [2.75, 3.05) is 32.5 Å². The van der Waals surface area contributed by atoms with E-state index in [-0.39, 0.29) is 0 Å². The Balaban J connectivity index is 1.85. The molecule has 4 nitrogen and oxygen atoms in total. The second kappa shape index (κ2) is 6.65. The Morgan fingerprint density at radius 3 is 2.84 bits per heavy atom. The van der Waals surface area contributed by atoms with Crippen LogP contribution in [0.4, 0.5) is 5.69 Å². The summed E-state index contributed by atoms with van der Waals surface area (Å²) in [5, 5.41) is 4.87. The number of aromatic amines is 1. The maximum Gasteiger partial charge on any atom is 0.252 e. The number of nitrogens with one attached hydrogen (secondary N) is 3. The number of para-hydroxylation sites is 1. The van der Waals surface area contributed by atoms with Crippen LogP contribution in [0.2, 0.25) is 0 Å². The van der Waals surface area contributed by atoms with Crippen molar-refractivity contribution in [3.05, 3.63) is 52.5 Å². The van der Waals surface area contributed by atoms with E-state index in [0.717, 1.165) is 35.5 Å². The van der Waals surface area contributed by atoms with Crippen LogP contribution in [-0.2, 0) is 6.42 Å². The maximum atomic E-state index is 3.62. The first-order valence-corrected chi connectivity index (χ1v) is 9.32. The lowest BCUT2D eigenvalue weighted by Crippen LogP contribution is -2.76. The van der Waals surface area contributed by atoms with Crippen LogP contribution in [0.1, 0.15) is 5.56 Å². The molecule has 3 N–H and O–H groups in total. The Hall–Kier alpha value is -2.11. The van der Waals surface area contributed by atoms with Crippen LogP contribution < -0.4 is 10.3 Å². The number of amidine groups is 1. The molecule has 2 aromatic carbocycles. The summed E-state index contributed by atoms with van der Waals surface area (Å²) in [7, 11) is 4.19. The Labute approximate surface area is 156 Å². The highest BCUT2D eigenvalue weighted by molar-refractivity contribution is 9.10. The van der Waals surface area contributed by atoms with Crippen molar-refractivity contribution in [1.82, 2.24) is 9.88 Å². The smallest absolute Gasteiger partial charge is 0.252 e. The van der Waals surface area contributed by atoms with E-state index in [0.29, 0.717) is 0 Å². The fourth-order valence-electron chi connectivity index (χ4n) is 3.36. The molecule has 2 heterocycles. The zero-order valence-electron chi connectivity index (χ0n) is 14.5. The van der Waals surface area contributed by atoms with E-state index >= 15 is 0 Å². The van der Waals surface area contributed by atoms with E-state index in [1.807, 2.05) is 0 Å². The minimum absolute atomic E-state index is 0.855. The zero-order valence-corrected chi connectivity index (χ0v) is 16.1. The van der Waals surface area contributed by atoms with Crippen LogP contribution in [0.3, 0.4) is 0 Å². The number of H-pyrrole nitrogens is 1. The highest BCUT2D eigenvalue weighted by Crippen LogP contribution is 2.37. The molecule has 0 spiro atoms. The molecule has 0 saturated carbocycles. The lowest BCUT2D eigenvalue weighted by Gasteiger charge is -2.06. The van der Waals surface area contributed by atoms with E-state index in [2.05, 4.69) is 92.7 Å². The summed E-state index contributed by atoms with van der Waals surface area (Å²) in [4.78, 5) is 9.39. The number of halogens is 1. The fourth-order valence-corrected chi connectivity index (χ4v) is 3.73. The minimum Gasteiger partial charge on any atom is -0.354 e. The van der Waals surface area contributed by atoms with Gasteiger partial charge in [-0.2, -0.15) is 0 Å². The minimum atomic E-state index is 0.855. The van der Waals surface area contributed by atoms with Gasteiger partial charge in [-0.25, -0.2) is 5.32 Å². The summed E-state index contributed by atoms with van der Waals surface area (Å²) in [6, 6.07) is 14.9. The molecule has 128 valence electrons. The number of anilines is 1. The number of rotatable bonds is 3. The molecule has 3 aromatic rings. The number of fused-ring (bicyclic) bond motifs is 5. The summed E-state index contributed by atoms with van der Waals surface area (Å²) < 4.78 is 1.11. The van der Waals surface area contributed by atoms with Crippen molar-refractivity contribution >= 4 is 38.4 Å². The van der Waals surface area contributed by atoms with Gasteiger partial charge in [0.05, 0.1) is 18.7 Å². The van der Waals surface area contributed by atoms with Gasteiger partial charge in [0.1, 0.15) is 5.69 Å². The van der Waals surface area contributed by atoms with E-state index in [1.54, 1.807) is 0 Å². The topological polar surface area (TPSA) is 45.0 Å². The Bertz CT molecular complexity index is 955. The molecule has 0 atom stereocenters. The summed E-state index contributed by atoms with van der Waals surface area (Å²) >= 11 is 3.61. The SMILES string of the molecule is CN(C)CC[NH+]=C1Cc2c([nH]c3ccc(Br)cc23)-c2ccccc2N1. The van der Waals surface area contributed by atoms with Gasteiger partial charge in [0.2, 0.25) is 0 Å². The van der Waals surface area contributed by atoms with Gasteiger partial charge in [0.15, 0.2) is 0 Å². The zero-order chi connectivity index (χ0) is 17.4. The Morgan fingerprint density at radius 1 is 1.16 bits per heavy atom. The lowest BCUT2D eigenvalue weighted by molar-refractivity contribution is -0.458. The summed E-state index contributed by atoms with van der Waals surface area (Å²) in [5.41, 5.74) is 6.08. The summed E-state index contributed by atoms with van der Waals surface area (Å²) in [6.45, 7) is 1.91. The summed E-state index contributed by atoms with van der Waals surface area (Å²) in [6.07, 6.45) is 0.855. The van der Waals surface area contributed by atoms with Gasteiger partial charge in [0.25, 0.3) is 5.84 Å². The first kappa shape index (κ1) is 16.4. The monoisotopic (exact) mass is 397 g/mol. The highest BCUT2D eigenvalue weighted by Gasteiger charge is 2.25. The van der Waals surface area contributed by atoms with Crippen LogP contribution in [0.15, 0.2) is 46.9 Å². The predicted octanol–water partition coefficient (Wildman–Crippen LogP) is 2.61. The third-order valence-corrected chi connectivity index (χ3v) is 5.09. The lowest BCUT2D eigenvalue weighted by atomic mass is 10.0. The number of hydrogen-bond donors (Lipinski definition) is 3.